The molecule has 2 unspecified atom stereocenters. The number of benzene rings is 1. The van der Waals surface area contributed by atoms with E-state index >= 15 is 0 Å². The summed E-state index contributed by atoms with van der Waals surface area (Å²) in [6.45, 7) is 3.84. The van der Waals surface area contributed by atoms with Crippen LogP contribution in [-0.4, -0.2) is 34.7 Å². The fourth-order valence-electron chi connectivity index (χ4n) is 2.82. The molecule has 0 bridgehead atoms. The number of aliphatic hydroxyl groups is 1. The van der Waals surface area contributed by atoms with Crippen LogP contribution in [0, 0.1) is 12.8 Å². The van der Waals surface area contributed by atoms with E-state index in [0.717, 1.165) is 24.2 Å². The number of aliphatic hydroxyl groups excluding tert-OH is 1. The molecule has 0 radical (unpaired) electrons. The summed E-state index contributed by atoms with van der Waals surface area (Å²) in [4.78, 5) is 22.2. The van der Waals surface area contributed by atoms with Crippen LogP contribution in [0.5, 0.6) is 5.75 Å². The number of aryl methyl sites for hydroxylation is 1. The van der Waals surface area contributed by atoms with E-state index in [1.54, 1.807) is 6.92 Å². The number of aliphatic carboxylic acids is 1. The predicted molar refractivity (Wildman–Crippen MR) is 106 cm³/mol. The van der Waals surface area contributed by atoms with Gasteiger partial charge in [0.25, 0.3) is 0 Å². The number of unbranched alkanes of at least 4 members (excludes halogenated alkanes) is 1. The molecule has 0 saturated heterocycles. The molecule has 0 aliphatic carbocycles. The molecule has 0 spiro atoms. The number of allylic oxidation sites excluding steroid dienone is 2. The van der Waals surface area contributed by atoms with Crippen LogP contribution in [0.4, 0.5) is 0 Å². The van der Waals surface area contributed by atoms with E-state index in [9.17, 15) is 14.7 Å². The number of rotatable bonds is 14. The van der Waals surface area contributed by atoms with Gasteiger partial charge in [0.1, 0.15) is 18.1 Å². The number of hydrogen-bond acceptors (Lipinski definition) is 4. The molecule has 5 heteroatoms. The highest BCUT2D eigenvalue weighted by Gasteiger charge is 2.14. The Kier molecular flexibility index (Phi) is 11.1. The summed E-state index contributed by atoms with van der Waals surface area (Å²) in [5, 5.41) is 18.7. The van der Waals surface area contributed by atoms with Gasteiger partial charge in [0.2, 0.25) is 0 Å². The Morgan fingerprint density at radius 1 is 1.19 bits per heavy atom. The van der Waals surface area contributed by atoms with Gasteiger partial charge in [-0.15, -0.1) is 0 Å². The van der Waals surface area contributed by atoms with Crippen molar-refractivity contribution in [3.8, 4) is 5.75 Å². The molecular formula is C22H32O5. The topological polar surface area (TPSA) is 83.8 Å². The highest BCUT2D eigenvalue weighted by atomic mass is 16.5. The van der Waals surface area contributed by atoms with Gasteiger partial charge in [-0.25, -0.2) is 0 Å². The van der Waals surface area contributed by atoms with Crippen LogP contribution < -0.4 is 4.74 Å². The Bertz CT molecular complexity index is 608. The Hall–Kier alpha value is -2.14. The number of hydrogen-bond donors (Lipinski definition) is 2. The summed E-state index contributed by atoms with van der Waals surface area (Å²) in [6.07, 6.45) is 7.61. The van der Waals surface area contributed by atoms with Crippen LogP contribution >= 0.6 is 0 Å². The monoisotopic (exact) mass is 376 g/mol. The predicted octanol–water partition coefficient (Wildman–Crippen LogP) is 4.31. The second kappa shape index (κ2) is 13.1. The Balaban J connectivity index is 2.24. The largest absolute Gasteiger partial charge is 0.491 e. The lowest BCUT2D eigenvalue weighted by molar-refractivity contribution is -0.137. The molecular weight excluding hydrogens is 344 g/mol. The summed E-state index contributed by atoms with van der Waals surface area (Å²) in [5.41, 5.74) is 1.11. The van der Waals surface area contributed by atoms with Crippen molar-refractivity contribution in [2.24, 2.45) is 5.92 Å². The van der Waals surface area contributed by atoms with E-state index in [1.165, 1.54) is 0 Å². The lowest BCUT2D eigenvalue weighted by Crippen LogP contribution is -2.18. The van der Waals surface area contributed by atoms with Gasteiger partial charge in [0.05, 0.1) is 6.10 Å². The van der Waals surface area contributed by atoms with Gasteiger partial charge in [0, 0.05) is 12.3 Å². The maximum Gasteiger partial charge on any atom is 0.303 e. The number of carbonyl (C=O) groups excluding carboxylic acids is 1. The third-order valence-electron chi connectivity index (χ3n) is 4.45. The Labute approximate surface area is 162 Å². The zero-order valence-corrected chi connectivity index (χ0v) is 16.4. The first kappa shape index (κ1) is 22.9. The minimum atomic E-state index is -0.782. The molecule has 0 saturated carbocycles. The first-order chi connectivity index (χ1) is 12.9. The zero-order valence-electron chi connectivity index (χ0n) is 16.4. The summed E-state index contributed by atoms with van der Waals surface area (Å²) < 4.78 is 5.60. The van der Waals surface area contributed by atoms with E-state index in [1.807, 2.05) is 43.3 Å². The average molecular weight is 376 g/mol. The molecule has 1 rings (SSSR count). The van der Waals surface area contributed by atoms with E-state index < -0.39 is 12.1 Å². The van der Waals surface area contributed by atoms with Crippen molar-refractivity contribution in [3.63, 3.8) is 0 Å². The molecule has 2 atom stereocenters. The summed E-state index contributed by atoms with van der Waals surface area (Å²) in [5.74, 6) is 0.0694. The van der Waals surface area contributed by atoms with Crippen LogP contribution in [0.3, 0.4) is 0 Å². The molecule has 5 nitrogen and oxygen atoms in total. The van der Waals surface area contributed by atoms with E-state index in [4.69, 9.17) is 9.84 Å². The van der Waals surface area contributed by atoms with Gasteiger partial charge in [-0.3, -0.25) is 9.59 Å². The van der Waals surface area contributed by atoms with Crippen molar-refractivity contribution >= 4 is 11.8 Å². The van der Waals surface area contributed by atoms with Crippen LogP contribution in [-0.2, 0) is 9.59 Å². The summed E-state index contributed by atoms with van der Waals surface area (Å²) in [7, 11) is 0. The maximum atomic E-state index is 11.8. The molecule has 0 amide bonds. The van der Waals surface area contributed by atoms with Crippen molar-refractivity contribution in [1.29, 1.82) is 0 Å². The second-order valence-electron chi connectivity index (χ2n) is 7.01. The molecule has 0 aliphatic rings. The van der Waals surface area contributed by atoms with Crippen molar-refractivity contribution < 1.29 is 24.5 Å². The van der Waals surface area contributed by atoms with E-state index in [0.29, 0.717) is 25.7 Å². The molecule has 27 heavy (non-hydrogen) atoms. The highest BCUT2D eigenvalue weighted by Crippen LogP contribution is 2.17. The first-order valence-electron chi connectivity index (χ1n) is 9.63. The minimum absolute atomic E-state index is 0.0504. The Morgan fingerprint density at radius 2 is 1.96 bits per heavy atom. The smallest absolute Gasteiger partial charge is 0.303 e. The number of ether oxygens (including phenoxy) is 1. The van der Waals surface area contributed by atoms with Crippen molar-refractivity contribution in [2.75, 3.05) is 6.61 Å². The van der Waals surface area contributed by atoms with Crippen molar-refractivity contribution in [3.05, 3.63) is 42.0 Å². The lowest BCUT2D eigenvalue weighted by Gasteiger charge is -2.15. The summed E-state index contributed by atoms with van der Waals surface area (Å²) >= 11 is 0. The molecule has 1 aromatic rings. The van der Waals surface area contributed by atoms with Gasteiger partial charge >= 0.3 is 5.97 Å². The van der Waals surface area contributed by atoms with Crippen LogP contribution in [0.1, 0.15) is 57.4 Å². The van der Waals surface area contributed by atoms with E-state index in [-0.39, 0.29) is 24.7 Å². The SMILES string of the molecule is CC(=O)C(CC=CCCCC(=O)O)CCCC(O)COc1cccc(C)c1. The van der Waals surface area contributed by atoms with Gasteiger partial charge in [-0.1, -0.05) is 30.7 Å². The van der Waals surface area contributed by atoms with Crippen molar-refractivity contribution in [1.82, 2.24) is 0 Å². The number of Topliss-reactive ketones (excluding diaryl/α,β-unsaturated/α-hetero) is 1. The maximum absolute atomic E-state index is 11.8. The molecule has 150 valence electrons. The molecule has 1 aromatic carbocycles. The normalized spacial score (nSPS) is 13.4. The van der Waals surface area contributed by atoms with Crippen molar-refractivity contribution in [2.45, 2.75) is 64.9 Å². The summed E-state index contributed by atoms with van der Waals surface area (Å²) in [6, 6.07) is 7.71. The zero-order chi connectivity index (χ0) is 20.1. The molecule has 0 aliphatic heterocycles. The van der Waals surface area contributed by atoms with Crippen LogP contribution in [0.25, 0.3) is 0 Å². The highest BCUT2D eigenvalue weighted by molar-refractivity contribution is 5.78. The molecule has 2 N–H and O–H groups in total. The second-order valence-corrected chi connectivity index (χ2v) is 7.01. The average Bonchev–Trinajstić information content (AvgIpc) is 2.60. The lowest BCUT2D eigenvalue weighted by atomic mass is 9.93. The van der Waals surface area contributed by atoms with Crippen LogP contribution in [0.15, 0.2) is 36.4 Å². The fraction of sp³-hybridized carbons (Fsp3) is 0.545. The van der Waals surface area contributed by atoms with Gasteiger partial charge in [0.15, 0.2) is 0 Å². The number of carboxylic acids is 1. The standard InChI is InChI=1S/C22H32O5/c1-17-9-7-13-21(15-17)27-16-20(24)12-8-11-19(18(2)23)10-5-3-4-6-14-22(25)26/h3,5,7,9,13,15,19-20,24H,4,6,8,10-12,14,16H2,1-2H3,(H,25,26). The first-order valence-corrected chi connectivity index (χ1v) is 9.63. The quantitative estimate of drug-likeness (QED) is 0.373. The molecule has 0 heterocycles. The van der Waals surface area contributed by atoms with Gasteiger partial charge in [-0.2, -0.15) is 0 Å². The third kappa shape index (κ3) is 11.2. The number of carboxylic acid groups (broad SMARTS) is 1. The molecule has 0 aromatic heterocycles. The fourth-order valence-corrected chi connectivity index (χ4v) is 2.82. The molecule has 0 fully saturated rings. The Morgan fingerprint density at radius 3 is 2.63 bits per heavy atom. The van der Waals surface area contributed by atoms with Gasteiger partial charge < -0.3 is 14.9 Å². The van der Waals surface area contributed by atoms with E-state index in [2.05, 4.69) is 0 Å². The third-order valence-corrected chi connectivity index (χ3v) is 4.45. The number of ketones is 1. The van der Waals surface area contributed by atoms with Gasteiger partial charge in [-0.05, 0) is 63.6 Å². The minimum Gasteiger partial charge on any atom is -0.491 e. The van der Waals surface area contributed by atoms with Crippen LogP contribution in [0.2, 0.25) is 0 Å². The number of carbonyl (C=O) groups is 2.